The molecule has 24 heavy (non-hydrogen) atoms. The first-order chi connectivity index (χ1) is 11.6. The van der Waals surface area contributed by atoms with Crippen molar-refractivity contribution >= 4 is 11.6 Å². The van der Waals surface area contributed by atoms with Crippen molar-refractivity contribution in [1.82, 2.24) is 5.32 Å². The number of ether oxygens (including phenoxy) is 1. The smallest absolute Gasteiger partial charge is 0.228 e. The Morgan fingerprint density at radius 1 is 1.38 bits per heavy atom. The van der Waals surface area contributed by atoms with E-state index in [1.165, 1.54) is 25.7 Å². The van der Waals surface area contributed by atoms with E-state index in [4.69, 9.17) is 4.74 Å². The van der Waals surface area contributed by atoms with Crippen LogP contribution in [0.5, 0.6) is 0 Å². The molecule has 1 amide bonds. The molecule has 4 atom stereocenters. The zero-order chi connectivity index (χ0) is 16.7. The number of rotatable bonds is 5. The fourth-order valence-electron chi connectivity index (χ4n) is 5.05. The van der Waals surface area contributed by atoms with E-state index >= 15 is 0 Å². The van der Waals surface area contributed by atoms with Gasteiger partial charge < -0.3 is 15.0 Å². The van der Waals surface area contributed by atoms with Gasteiger partial charge in [0.2, 0.25) is 5.91 Å². The minimum Gasteiger partial charge on any atom is -0.377 e. The van der Waals surface area contributed by atoms with Crippen LogP contribution in [-0.2, 0) is 9.53 Å². The van der Waals surface area contributed by atoms with Crippen LogP contribution in [0.1, 0.15) is 39.0 Å². The summed E-state index contributed by atoms with van der Waals surface area (Å²) >= 11 is 0. The fraction of sp³-hybridized carbons (Fsp3) is 0.650. The lowest BCUT2D eigenvalue weighted by Crippen LogP contribution is -2.72. The Labute approximate surface area is 144 Å². The topological polar surface area (TPSA) is 41.6 Å². The van der Waals surface area contributed by atoms with Crippen LogP contribution in [-0.4, -0.2) is 37.7 Å². The van der Waals surface area contributed by atoms with Gasteiger partial charge in [-0.25, -0.2) is 0 Å². The van der Waals surface area contributed by atoms with Gasteiger partial charge in [0.15, 0.2) is 0 Å². The van der Waals surface area contributed by atoms with Gasteiger partial charge in [0.25, 0.3) is 0 Å². The van der Waals surface area contributed by atoms with Gasteiger partial charge in [0, 0.05) is 49.2 Å². The molecule has 1 heterocycles. The van der Waals surface area contributed by atoms with Gasteiger partial charge in [-0.3, -0.25) is 4.79 Å². The van der Waals surface area contributed by atoms with Crippen molar-refractivity contribution in [3.63, 3.8) is 0 Å². The second-order valence-corrected chi connectivity index (χ2v) is 7.87. The molecular formula is C20H28N2O2. The van der Waals surface area contributed by atoms with Gasteiger partial charge in [-0.2, -0.15) is 0 Å². The van der Waals surface area contributed by atoms with Crippen LogP contribution < -0.4 is 10.2 Å². The molecule has 0 unspecified atom stereocenters. The summed E-state index contributed by atoms with van der Waals surface area (Å²) in [6.07, 6.45) is 6.10. The molecule has 1 spiro atoms. The van der Waals surface area contributed by atoms with Crippen LogP contribution in [0.4, 0.5) is 5.69 Å². The Morgan fingerprint density at radius 3 is 2.79 bits per heavy atom. The normalized spacial score (nSPS) is 31.0. The third kappa shape index (κ3) is 2.47. The molecule has 1 aliphatic heterocycles. The SMILES string of the molecule is C[C@H](CC(=O)N(C)c1ccccc1)N[C@@H]1[C@@H]2CCO[C@@H]2C12CCC2. The summed E-state index contributed by atoms with van der Waals surface area (Å²) < 4.78 is 5.98. The second kappa shape index (κ2) is 6.16. The van der Waals surface area contributed by atoms with Gasteiger partial charge in [0.1, 0.15) is 0 Å². The van der Waals surface area contributed by atoms with Crippen molar-refractivity contribution in [1.29, 1.82) is 0 Å². The molecule has 1 aromatic carbocycles. The summed E-state index contributed by atoms with van der Waals surface area (Å²) in [6.45, 7) is 3.06. The number of para-hydroxylation sites is 1. The summed E-state index contributed by atoms with van der Waals surface area (Å²) in [7, 11) is 1.86. The Hall–Kier alpha value is -1.39. The molecule has 0 radical (unpaired) electrons. The van der Waals surface area contributed by atoms with Crippen LogP contribution in [0.2, 0.25) is 0 Å². The highest BCUT2D eigenvalue weighted by Gasteiger charge is 2.66. The highest BCUT2D eigenvalue weighted by molar-refractivity contribution is 5.93. The van der Waals surface area contributed by atoms with Crippen molar-refractivity contribution < 1.29 is 9.53 Å². The van der Waals surface area contributed by atoms with E-state index in [0.717, 1.165) is 12.3 Å². The van der Waals surface area contributed by atoms with Gasteiger partial charge in [-0.1, -0.05) is 24.6 Å². The highest BCUT2D eigenvalue weighted by Crippen LogP contribution is 2.62. The van der Waals surface area contributed by atoms with Crippen LogP contribution in [0.15, 0.2) is 30.3 Å². The molecular weight excluding hydrogens is 300 g/mol. The van der Waals surface area contributed by atoms with E-state index < -0.39 is 0 Å². The summed E-state index contributed by atoms with van der Waals surface area (Å²) in [4.78, 5) is 14.3. The molecule has 0 aromatic heterocycles. The molecule has 2 aliphatic carbocycles. The summed E-state index contributed by atoms with van der Waals surface area (Å²) in [5.41, 5.74) is 1.34. The number of benzene rings is 1. The Balaban J connectivity index is 1.35. The van der Waals surface area contributed by atoms with Gasteiger partial charge in [-0.05, 0) is 38.3 Å². The molecule has 1 N–H and O–H groups in total. The summed E-state index contributed by atoms with van der Waals surface area (Å²) in [5.74, 6) is 0.831. The lowest BCUT2D eigenvalue weighted by molar-refractivity contribution is -0.178. The number of nitrogens with zero attached hydrogens (tertiary/aromatic N) is 1. The molecule has 4 rings (SSSR count). The lowest BCUT2D eigenvalue weighted by atomic mass is 9.46. The maximum absolute atomic E-state index is 12.6. The van der Waals surface area contributed by atoms with Crippen LogP contribution in [0.25, 0.3) is 0 Å². The Bertz CT molecular complexity index is 599. The average molecular weight is 328 g/mol. The zero-order valence-electron chi connectivity index (χ0n) is 14.7. The number of carbonyl (C=O) groups excluding carboxylic acids is 1. The van der Waals surface area contributed by atoms with Crippen molar-refractivity contribution in [3.05, 3.63) is 30.3 Å². The van der Waals surface area contributed by atoms with E-state index in [1.54, 1.807) is 4.90 Å². The minimum atomic E-state index is 0.169. The number of carbonyl (C=O) groups is 1. The molecule has 1 saturated heterocycles. The van der Waals surface area contributed by atoms with Crippen LogP contribution in [0, 0.1) is 11.3 Å². The van der Waals surface area contributed by atoms with E-state index in [9.17, 15) is 4.79 Å². The van der Waals surface area contributed by atoms with Gasteiger partial charge in [0.05, 0.1) is 6.10 Å². The first-order valence-electron chi connectivity index (χ1n) is 9.31. The largest absolute Gasteiger partial charge is 0.377 e. The Kier molecular flexibility index (Phi) is 4.13. The highest BCUT2D eigenvalue weighted by atomic mass is 16.5. The molecule has 4 heteroatoms. The summed E-state index contributed by atoms with van der Waals surface area (Å²) in [5, 5.41) is 3.79. The number of nitrogens with one attached hydrogen (secondary N) is 1. The molecule has 1 aromatic rings. The quantitative estimate of drug-likeness (QED) is 0.903. The van der Waals surface area contributed by atoms with Crippen molar-refractivity contribution in [2.75, 3.05) is 18.6 Å². The minimum absolute atomic E-state index is 0.169. The van der Waals surface area contributed by atoms with Crippen LogP contribution in [0.3, 0.4) is 0 Å². The van der Waals surface area contributed by atoms with Crippen molar-refractivity contribution in [2.45, 2.75) is 57.2 Å². The van der Waals surface area contributed by atoms with Crippen molar-refractivity contribution in [3.8, 4) is 0 Å². The van der Waals surface area contributed by atoms with Gasteiger partial charge in [-0.15, -0.1) is 0 Å². The first-order valence-corrected chi connectivity index (χ1v) is 9.31. The molecule has 0 bridgehead atoms. The average Bonchev–Trinajstić information content (AvgIpc) is 2.96. The number of hydrogen-bond donors (Lipinski definition) is 1. The zero-order valence-corrected chi connectivity index (χ0v) is 14.7. The fourth-order valence-corrected chi connectivity index (χ4v) is 5.05. The van der Waals surface area contributed by atoms with Crippen molar-refractivity contribution in [2.24, 2.45) is 11.3 Å². The third-order valence-corrected chi connectivity index (χ3v) is 6.50. The Morgan fingerprint density at radius 2 is 2.12 bits per heavy atom. The standard InChI is InChI=1S/C20H28N2O2/c1-14(13-17(23)22(2)15-7-4-3-5-8-15)21-18-16-9-12-24-19(16)20(18)10-6-11-20/h3-5,7-8,14,16,18-19,21H,6,9-13H2,1-2H3/t14-,16+,18-,19+/m1/s1. The maximum Gasteiger partial charge on any atom is 0.228 e. The maximum atomic E-state index is 12.6. The monoisotopic (exact) mass is 328 g/mol. The number of anilines is 1. The summed E-state index contributed by atoms with van der Waals surface area (Å²) in [6, 6.07) is 10.6. The first kappa shape index (κ1) is 16.1. The van der Waals surface area contributed by atoms with E-state index in [-0.39, 0.29) is 11.9 Å². The molecule has 2 saturated carbocycles. The predicted octanol–water partition coefficient (Wildman–Crippen LogP) is 2.98. The van der Waals surface area contributed by atoms with E-state index in [0.29, 0.717) is 29.9 Å². The molecule has 130 valence electrons. The van der Waals surface area contributed by atoms with Gasteiger partial charge >= 0.3 is 0 Å². The number of fused-ring (bicyclic) bond motifs is 2. The molecule has 3 aliphatic rings. The third-order valence-electron chi connectivity index (χ3n) is 6.50. The molecule has 3 fully saturated rings. The number of hydrogen-bond acceptors (Lipinski definition) is 3. The van der Waals surface area contributed by atoms with Crippen LogP contribution >= 0.6 is 0 Å². The second-order valence-electron chi connectivity index (χ2n) is 7.87. The predicted molar refractivity (Wildman–Crippen MR) is 95.0 cm³/mol. The molecule has 4 nitrogen and oxygen atoms in total. The lowest BCUT2D eigenvalue weighted by Gasteiger charge is -2.64. The van der Waals surface area contributed by atoms with E-state index in [1.807, 2.05) is 37.4 Å². The number of amides is 1. The van der Waals surface area contributed by atoms with E-state index in [2.05, 4.69) is 12.2 Å².